The molecule has 1 aromatic rings. The van der Waals surface area contributed by atoms with Crippen molar-refractivity contribution in [3.63, 3.8) is 0 Å². The molecule has 8 heteroatoms. The SMILES string of the molecule is COc1ccc(C(=O)OCC(=O)N[C@@H]2CCC[C@@H](C)[C@H]2C)cc1[N+](=O)[O-]. The van der Waals surface area contributed by atoms with Crippen molar-refractivity contribution in [3.8, 4) is 5.75 Å². The van der Waals surface area contributed by atoms with Crippen LogP contribution in [0.4, 0.5) is 5.69 Å². The summed E-state index contributed by atoms with van der Waals surface area (Å²) in [5.41, 5.74) is -0.346. The number of carbonyl (C=O) groups excluding carboxylic acids is 2. The number of carbonyl (C=O) groups is 2. The van der Waals surface area contributed by atoms with E-state index in [1.165, 1.54) is 19.2 Å². The van der Waals surface area contributed by atoms with E-state index >= 15 is 0 Å². The lowest BCUT2D eigenvalue weighted by Crippen LogP contribution is -2.45. The molecule has 142 valence electrons. The lowest BCUT2D eigenvalue weighted by molar-refractivity contribution is -0.385. The van der Waals surface area contributed by atoms with E-state index in [4.69, 9.17) is 9.47 Å². The topological polar surface area (TPSA) is 108 Å². The molecule has 1 fully saturated rings. The van der Waals surface area contributed by atoms with Gasteiger partial charge in [0, 0.05) is 12.1 Å². The van der Waals surface area contributed by atoms with Crippen LogP contribution >= 0.6 is 0 Å². The number of rotatable bonds is 6. The van der Waals surface area contributed by atoms with Crippen molar-refractivity contribution < 1.29 is 24.0 Å². The average molecular weight is 364 g/mol. The maximum absolute atomic E-state index is 12.1. The first-order valence-corrected chi connectivity index (χ1v) is 8.62. The molecule has 26 heavy (non-hydrogen) atoms. The van der Waals surface area contributed by atoms with Gasteiger partial charge in [-0.1, -0.05) is 26.7 Å². The highest BCUT2D eigenvalue weighted by atomic mass is 16.6. The van der Waals surface area contributed by atoms with Crippen LogP contribution in [0.25, 0.3) is 0 Å². The first-order valence-electron chi connectivity index (χ1n) is 8.62. The zero-order valence-corrected chi connectivity index (χ0v) is 15.2. The number of esters is 1. The molecule has 0 aliphatic heterocycles. The van der Waals surface area contributed by atoms with Gasteiger partial charge in [-0.15, -0.1) is 0 Å². The molecule has 0 unspecified atom stereocenters. The van der Waals surface area contributed by atoms with E-state index < -0.39 is 17.5 Å². The average Bonchev–Trinajstić information content (AvgIpc) is 2.62. The third-order valence-electron chi connectivity index (χ3n) is 5.00. The fraction of sp³-hybridized carbons (Fsp3) is 0.556. The number of nitro groups is 1. The quantitative estimate of drug-likeness (QED) is 0.472. The summed E-state index contributed by atoms with van der Waals surface area (Å²) in [6.45, 7) is 3.85. The van der Waals surface area contributed by atoms with E-state index in [1.54, 1.807) is 0 Å². The summed E-state index contributed by atoms with van der Waals surface area (Å²) in [4.78, 5) is 34.5. The Morgan fingerprint density at radius 3 is 2.69 bits per heavy atom. The lowest BCUT2D eigenvalue weighted by Gasteiger charge is -2.34. The van der Waals surface area contributed by atoms with Gasteiger partial charge in [0.15, 0.2) is 12.4 Å². The molecule has 1 amide bonds. The molecule has 0 saturated heterocycles. The summed E-state index contributed by atoms with van der Waals surface area (Å²) in [7, 11) is 1.30. The summed E-state index contributed by atoms with van der Waals surface area (Å²) in [6.07, 6.45) is 3.13. The lowest BCUT2D eigenvalue weighted by atomic mass is 9.78. The molecule has 1 aliphatic carbocycles. The molecule has 8 nitrogen and oxygen atoms in total. The molecule has 1 N–H and O–H groups in total. The molecule has 3 atom stereocenters. The number of benzene rings is 1. The van der Waals surface area contributed by atoms with Crippen LogP contribution in [-0.4, -0.2) is 36.6 Å². The Balaban J connectivity index is 1.93. The Morgan fingerprint density at radius 2 is 2.04 bits per heavy atom. The predicted molar refractivity (Wildman–Crippen MR) is 94.0 cm³/mol. The standard InChI is InChI=1S/C18H24N2O6/c1-11-5-4-6-14(12(11)2)19-17(21)10-26-18(22)13-7-8-16(25-3)15(9-13)20(23)24/h7-9,11-12,14H,4-6,10H2,1-3H3,(H,19,21)/t11-,12-,14-/m1/s1. The van der Waals surface area contributed by atoms with Gasteiger partial charge in [-0.2, -0.15) is 0 Å². The van der Waals surface area contributed by atoms with Crippen LogP contribution in [0.15, 0.2) is 18.2 Å². The number of ether oxygens (including phenoxy) is 2. The highest BCUT2D eigenvalue weighted by Crippen LogP contribution is 2.29. The van der Waals surface area contributed by atoms with Crippen molar-refractivity contribution in [2.45, 2.75) is 39.2 Å². The summed E-state index contributed by atoms with van der Waals surface area (Å²) >= 11 is 0. The Kier molecular flexibility index (Phi) is 6.54. The molecule has 0 radical (unpaired) electrons. The molecule has 1 aliphatic rings. The van der Waals surface area contributed by atoms with Crippen molar-refractivity contribution in [1.29, 1.82) is 0 Å². The second-order valence-electron chi connectivity index (χ2n) is 6.66. The second kappa shape index (κ2) is 8.64. The van der Waals surface area contributed by atoms with Crippen molar-refractivity contribution in [2.24, 2.45) is 11.8 Å². The van der Waals surface area contributed by atoms with Gasteiger partial charge in [0.05, 0.1) is 17.6 Å². The molecule has 0 spiro atoms. The maximum atomic E-state index is 12.1. The minimum Gasteiger partial charge on any atom is -0.490 e. The minimum atomic E-state index is -0.795. The van der Waals surface area contributed by atoms with Gasteiger partial charge in [-0.25, -0.2) is 4.79 Å². The van der Waals surface area contributed by atoms with Gasteiger partial charge in [0.1, 0.15) is 0 Å². The number of nitrogens with one attached hydrogen (secondary N) is 1. The van der Waals surface area contributed by atoms with Crippen LogP contribution in [-0.2, 0) is 9.53 Å². The summed E-state index contributed by atoms with van der Waals surface area (Å²) in [5.74, 6) is -0.211. The molecule has 1 saturated carbocycles. The second-order valence-corrected chi connectivity index (χ2v) is 6.66. The Hall–Kier alpha value is -2.64. The summed E-state index contributed by atoms with van der Waals surface area (Å²) in [5, 5.41) is 13.9. The Labute approximate surface area is 152 Å². The van der Waals surface area contributed by atoms with Crippen LogP contribution in [0.3, 0.4) is 0 Å². The Bertz CT molecular complexity index is 690. The zero-order valence-electron chi connectivity index (χ0n) is 15.2. The van der Waals surface area contributed by atoms with Crippen molar-refractivity contribution in [3.05, 3.63) is 33.9 Å². The fourth-order valence-electron chi connectivity index (χ4n) is 3.21. The van der Waals surface area contributed by atoms with E-state index in [9.17, 15) is 19.7 Å². The predicted octanol–water partition coefficient (Wildman–Crippen LogP) is 2.70. The first kappa shape index (κ1) is 19.7. The number of nitro benzene ring substituents is 1. The van der Waals surface area contributed by atoms with Crippen LogP contribution in [0.5, 0.6) is 5.75 Å². The summed E-state index contributed by atoms with van der Waals surface area (Å²) < 4.78 is 9.87. The molecule has 1 aromatic carbocycles. The molecule has 0 bridgehead atoms. The largest absolute Gasteiger partial charge is 0.490 e. The van der Waals surface area contributed by atoms with Gasteiger partial charge >= 0.3 is 11.7 Å². The van der Waals surface area contributed by atoms with Crippen LogP contribution in [0.1, 0.15) is 43.5 Å². The molecular weight excluding hydrogens is 340 g/mol. The zero-order chi connectivity index (χ0) is 19.3. The number of nitrogens with zero attached hydrogens (tertiary/aromatic N) is 1. The van der Waals surface area contributed by atoms with Crippen molar-refractivity contribution in [2.75, 3.05) is 13.7 Å². The van der Waals surface area contributed by atoms with E-state index in [1.807, 2.05) is 0 Å². The third-order valence-corrected chi connectivity index (χ3v) is 5.00. The summed E-state index contributed by atoms with van der Waals surface area (Å²) in [6, 6.07) is 3.83. The van der Waals surface area contributed by atoms with Crippen molar-refractivity contribution in [1.82, 2.24) is 5.32 Å². The number of amides is 1. The van der Waals surface area contributed by atoms with Crippen LogP contribution in [0, 0.1) is 22.0 Å². The molecular formula is C18H24N2O6. The number of methoxy groups -OCH3 is 1. The van der Waals surface area contributed by atoms with Crippen molar-refractivity contribution >= 4 is 17.6 Å². The van der Waals surface area contributed by atoms with Gasteiger partial charge in [0.25, 0.3) is 5.91 Å². The molecule has 0 aromatic heterocycles. The minimum absolute atomic E-state index is 0.00930. The monoisotopic (exact) mass is 364 g/mol. The normalized spacial score (nSPS) is 22.3. The van der Waals surface area contributed by atoms with E-state index in [0.29, 0.717) is 11.8 Å². The van der Waals surface area contributed by atoms with Gasteiger partial charge in [0.2, 0.25) is 0 Å². The van der Waals surface area contributed by atoms with Gasteiger partial charge < -0.3 is 14.8 Å². The first-order chi connectivity index (χ1) is 12.3. The highest BCUT2D eigenvalue weighted by Gasteiger charge is 2.28. The maximum Gasteiger partial charge on any atom is 0.338 e. The molecule has 0 heterocycles. The number of hydrogen-bond acceptors (Lipinski definition) is 6. The Morgan fingerprint density at radius 1 is 1.31 bits per heavy atom. The number of hydrogen-bond donors (Lipinski definition) is 1. The van der Waals surface area contributed by atoms with Gasteiger partial charge in [-0.3, -0.25) is 14.9 Å². The molecule has 2 rings (SSSR count). The van der Waals surface area contributed by atoms with E-state index in [2.05, 4.69) is 19.2 Å². The smallest absolute Gasteiger partial charge is 0.338 e. The third kappa shape index (κ3) is 4.71. The van der Waals surface area contributed by atoms with Gasteiger partial charge in [-0.05, 0) is 30.4 Å². The fourth-order valence-corrected chi connectivity index (χ4v) is 3.21. The van der Waals surface area contributed by atoms with E-state index in [0.717, 1.165) is 25.3 Å². The van der Waals surface area contributed by atoms with E-state index in [-0.39, 0.29) is 28.9 Å². The van der Waals surface area contributed by atoms with Crippen LogP contribution in [0.2, 0.25) is 0 Å². The highest BCUT2D eigenvalue weighted by molar-refractivity contribution is 5.92. The van der Waals surface area contributed by atoms with Crippen LogP contribution < -0.4 is 10.1 Å².